The van der Waals surface area contributed by atoms with Crippen LogP contribution in [0, 0.1) is 0 Å². The number of benzene rings is 1. The van der Waals surface area contributed by atoms with Crippen LogP contribution in [0.2, 0.25) is 0 Å². The Morgan fingerprint density at radius 3 is 2.62 bits per heavy atom. The van der Waals surface area contributed by atoms with Gasteiger partial charge >= 0.3 is 0 Å². The van der Waals surface area contributed by atoms with Crippen molar-refractivity contribution in [3.63, 3.8) is 0 Å². The Bertz CT molecular complexity index is 359. The number of phenolic OH excluding ortho intramolecular Hbond substituents is 1. The maximum Gasteiger partial charge on any atom is 0.116 e. The van der Waals surface area contributed by atoms with Gasteiger partial charge in [0.05, 0.1) is 0 Å². The third-order valence-electron chi connectivity index (χ3n) is 3.12. The molecule has 0 radical (unpaired) electrons. The topological polar surface area (TPSA) is 52.7 Å². The Labute approximate surface area is 96.3 Å². The Morgan fingerprint density at radius 2 is 1.94 bits per heavy atom. The van der Waals surface area contributed by atoms with Crippen molar-refractivity contribution in [1.82, 2.24) is 9.80 Å². The minimum Gasteiger partial charge on any atom is -0.508 e. The number of aromatic hydroxyl groups is 1. The molecule has 4 heteroatoms. The van der Waals surface area contributed by atoms with Gasteiger partial charge in [-0.3, -0.25) is 4.90 Å². The van der Waals surface area contributed by atoms with E-state index in [-0.39, 0.29) is 0 Å². The SMILES string of the molecule is CN1CCN(Cc2cc(O)ccc2N)CC1. The van der Waals surface area contributed by atoms with Crippen molar-refractivity contribution in [2.24, 2.45) is 0 Å². The summed E-state index contributed by atoms with van der Waals surface area (Å²) < 4.78 is 0. The number of hydrogen-bond donors (Lipinski definition) is 2. The van der Waals surface area contributed by atoms with E-state index >= 15 is 0 Å². The lowest BCUT2D eigenvalue weighted by atomic mass is 10.1. The number of nitrogens with zero attached hydrogens (tertiary/aromatic N) is 2. The van der Waals surface area contributed by atoms with E-state index in [1.165, 1.54) is 0 Å². The van der Waals surface area contributed by atoms with Crippen molar-refractivity contribution < 1.29 is 5.11 Å². The van der Waals surface area contributed by atoms with Gasteiger partial charge in [-0.15, -0.1) is 0 Å². The van der Waals surface area contributed by atoms with E-state index in [1.54, 1.807) is 18.2 Å². The average molecular weight is 221 g/mol. The third kappa shape index (κ3) is 2.65. The molecule has 88 valence electrons. The molecule has 0 aromatic heterocycles. The second-order valence-corrected chi connectivity index (χ2v) is 4.46. The van der Waals surface area contributed by atoms with E-state index < -0.39 is 0 Å². The van der Waals surface area contributed by atoms with E-state index in [0.717, 1.165) is 44.0 Å². The van der Waals surface area contributed by atoms with Gasteiger partial charge in [-0.25, -0.2) is 0 Å². The molecule has 0 aliphatic carbocycles. The molecule has 1 saturated heterocycles. The number of phenols is 1. The third-order valence-corrected chi connectivity index (χ3v) is 3.12. The van der Waals surface area contributed by atoms with Crippen LogP contribution in [-0.4, -0.2) is 48.1 Å². The monoisotopic (exact) mass is 221 g/mol. The normalized spacial score (nSPS) is 18.8. The molecule has 1 aliphatic heterocycles. The summed E-state index contributed by atoms with van der Waals surface area (Å²) >= 11 is 0. The summed E-state index contributed by atoms with van der Waals surface area (Å²) in [7, 11) is 2.14. The number of anilines is 1. The molecule has 16 heavy (non-hydrogen) atoms. The molecule has 3 N–H and O–H groups in total. The Hall–Kier alpha value is -1.26. The second kappa shape index (κ2) is 4.72. The van der Waals surface area contributed by atoms with E-state index in [2.05, 4.69) is 16.8 Å². The highest BCUT2D eigenvalue weighted by atomic mass is 16.3. The first-order valence-electron chi connectivity index (χ1n) is 5.63. The molecule has 0 bridgehead atoms. The Morgan fingerprint density at radius 1 is 1.25 bits per heavy atom. The smallest absolute Gasteiger partial charge is 0.116 e. The first kappa shape index (κ1) is 11.2. The molecule has 1 aliphatic rings. The standard InChI is InChI=1S/C12H19N3O/c1-14-4-6-15(7-5-14)9-10-8-11(16)2-3-12(10)13/h2-3,8,16H,4-7,9,13H2,1H3. The molecule has 2 rings (SSSR count). The van der Waals surface area contributed by atoms with E-state index in [1.807, 2.05) is 0 Å². The van der Waals surface area contributed by atoms with Crippen LogP contribution < -0.4 is 5.73 Å². The highest BCUT2D eigenvalue weighted by Gasteiger charge is 2.14. The van der Waals surface area contributed by atoms with Crippen LogP contribution in [0.4, 0.5) is 5.69 Å². The van der Waals surface area contributed by atoms with Gasteiger partial charge in [0.2, 0.25) is 0 Å². The minimum absolute atomic E-state index is 0.290. The minimum atomic E-state index is 0.290. The van der Waals surface area contributed by atoms with Gasteiger partial charge in [0.15, 0.2) is 0 Å². The quantitative estimate of drug-likeness (QED) is 0.571. The van der Waals surface area contributed by atoms with Gasteiger partial charge in [0, 0.05) is 38.4 Å². The van der Waals surface area contributed by atoms with Gasteiger partial charge in [-0.1, -0.05) is 0 Å². The van der Waals surface area contributed by atoms with Gasteiger partial charge in [0.25, 0.3) is 0 Å². The molecule has 0 spiro atoms. The molecular formula is C12H19N3O. The van der Waals surface area contributed by atoms with Crippen LogP contribution in [0.5, 0.6) is 5.75 Å². The maximum atomic E-state index is 9.43. The van der Waals surface area contributed by atoms with Crippen molar-refractivity contribution in [1.29, 1.82) is 0 Å². The zero-order chi connectivity index (χ0) is 11.5. The molecule has 4 nitrogen and oxygen atoms in total. The van der Waals surface area contributed by atoms with Gasteiger partial charge in [-0.05, 0) is 30.8 Å². The number of nitrogen functional groups attached to an aromatic ring is 1. The Kier molecular flexibility index (Phi) is 3.31. The first-order valence-corrected chi connectivity index (χ1v) is 5.63. The van der Waals surface area contributed by atoms with E-state index in [0.29, 0.717) is 5.75 Å². The molecule has 1 heterocycles. The highest BCUT2D eigenvalue weighted by Crippen LogP contribution is 2.20. The lowest BCUT2D eigenvalue weighted by molar-refractivity contribution is 0.148. The summed E-state index contributed by atoms with van der Waals surface area (Å²) in [5, 5.41) is 9.43. The number of hydrogen-bond acceptors (Lipinski definition) is 4. The molecule has 0 amide bonds. The van der Waals surface area contributed by atoms with Gasteiger partial charge in [0.1, 0.15) is 5.75 Å². The van der Waals surface area contributed by atoms with Gasteiger partial charge in [-0.2, -0.15) is 0 Å². The van der Waals surface area contributed by atoms with Crippen LogP contribution >= 0.6 is 0 Å². The van der Waals surface area contributed by atoms with Crippen LogP contribution in [0.25, 0.3) is 0 Å². The van der Waals surface area contributed by atoms with Crippen LogP contribution in [0.3, 0.4) is 0 Å². The largest absolute Gasteiger partial charge is 0.508 e. The predicted octanol–water partition coefficient (Wildman–Crippen LogP) is 0.722. The molecule has 1 aromatic carbocycles. The van der Waals surface area contributed by atoms with Crippen molar-refractivity contribution in [3.05, 3.63) is 23.8 Å². The summed E-state index contributed by atoms with van der Waals surface area (Å²) in [4.78, 5) is 4.69. The predicted molar refractivity (Wildman–Crippen MR) is 65.3 cm³/mol. The summed E-state index contributed by atoms with van der Waals surface area (Å²) in [6, 6.07) is 5.15. The number of rotatable bonds is 2. The number of likely N-dealkylation sites (N-methyl/N-ethyl adjacent to an activating group) is 1. The van der Waals surface area contributed by atoms with Crippen molar-refractivity contribution in [2.45, 2.75) is 6.54 Å². The molecule has 0 atom stereocenters. The number of piperazine rings is 1. The average Bonchev–Trinajstić information content (AvgIpc) is 2.27. The fourth-order valence-electron chi connectivity index (χ4n) is 1.98. The van der Waals surface area contributed by atoms with E-state index in [9.17, 15) is 5.11 Å². The van der Waals surface area contributed by atoms with E-state index in [4.69, 9.17) is 5.73 Å². The number of nitrogens with two attached hydrogens (primary N) is 1. The summed E-state index contributed by atoms with van der Waals surface area (Å²) in [6.07, 6.45) is 0. The first-order chi connectivity index (χ1) is 7.65. The lowest BCUT2D eigenvalue weighted by Gasteiger charge is -2.32. The molecule has 1 aromatic rings. The van der Waals surface area contributed by atoms with Crippen molar-refractivity contribution >= 4 is 5.69 Å². The summed E-state index contributed by atoms with van der Waals surface area (Å²) in [5.41, 5.74) is 7.66. The zero-order valence-corrected chi connectivity index (χ0v) is 9.69. The maximum absolute atomic E-state index is 9.43. The molecule has 1 fully saturated rings. The lowest BCUT2D eigenvalue weighted by Crippen LogP contribution is -2.43. The molecular weight excluding hydrogens is 202 g/mol. The molecule has 0 saturated carbocycles. The van der Waals surface area contributed by atoms with Gasteiger partial charge < -0.3 is 15.7 Å². The van der Waals surface area contributed by atoms with Crippen molar-refractivity contribution in [3.8, 4) is 5.75 Å². The highest BCUT2D eigenvalue weighted by molar-refractivity contribution is 5.50. The van der Waals surface area contributed by atoms with Crippen molar-refractivity contribution in [2.75, 3.05) is 39.0 Å². The van der Waals surface area contributed by atoms with Crippen LogP contribution in [-0.2, 0) is 6.54 Å². The van der Waals surface area contributed by atoms with Crippen LogP contribution in [0.15, 0.2) is 18.2 Å². The second-order valence-electron chi connectivity index (χ2n) is 4.46. The zero-order valence-electron chi connectivity index (χ0n) is 9.69. The Balaban J connectivity index is 2.00. The van der Waals surface area contributed by atoms with Crippen LogP contribution in [0.1, 0.15) is 5.56 Å². The summed E-state index contributed by atoms with van der Waals surface area (Å²) in [5.74, 6) is 0.290. The summed E-state index contributed by atoms with van der Waals surface area (Å²) in [6.45, 7) is 5.14. The fourth-order valence-corrected chi connectivity index (χ4v) is 1.98. The fraction of sp³-hybridized carbons (Fsp3) is 0.500. The molecule has 0 unspecified atom stereocenters.